The normalized spacial score (nSPS) is 10.8. The van der Waals surface area contributed by atoms with E-state index in [1.807, 2.05) is 79.7 Å². The molecule has 0 spiro atoms. The van der Waals surface area contributed by atoms with Crippen LogP contribution in [0.4, 0.5) is 0 Å². The van der Waals surface area contributed by atoms with Crippen molar-refractivity contribution in [3.8, 4) is 11.5 Å². The van der Waals surface area contributed by atoms with Crippen LogP contribution in [0.3, 0.4) is 0 Å². The van der Waals surface area contributed by atoms with Gasteiger partial charge in [-0.3, -0.25) is 4.79 Å². The standard InChI is InChI=1S/C22H18N2O2/c1-15-5-4-6-18(13-15)21(25)23-14-16-9-11-17(12-10-16)22-24-19-7-2-3-8-20(19)26-22/h2-13H,14H2,1H3,(H,23,25). The number of rotatable bonds is 4. The molecule has 0 atom stereocenters. The van der Waals surface area contributed by atoms with Crippen LogP contribution in [0.1, 0.15) is 21.5 Å². The van der Waals surface area contributed by atoms with E-state index in [0.717, 1.165) is 27.8 Å². The first-order chi connectivity index (χ1) is 12.7. The second kappa shape index (κ2) is 6.84. The van der Waals surface area contributed by atoms with Gasteiger partial charge in [0.1, 0.15) is 5.52 Å². The molecule has 0 unspecified atom stereocenters. The van der Waals surface area contributed by atoms with Gasteiger partial charge >= 0.3 is 0 Å². The van der Waals surface area contributed by atoms with Gasteiger partial charge in [-0.15, -0.1) is 0 Å². The van der Waals surface area contributed by atoms with E-state index in [4.69, 9.17) is 4.42 Å². The van der Waals surface area contributed by atoms with Gasteiger partial charge in [0.2, 0.25) is 5.89 Å². The number of para-hydroxylation sites is 2. The van der Waals surface area contributed by atoms with Crippen molar-refractivity contribution < 1.29 is 9.21 Å². The molecule has 1 heterocycles. The van der Waals surface area contributed by atoms with Crippen LogP contribution in [0.15, 0.2) is 77.2 Å². The van der Waals surface area contributed by atoms with Crippen molar-refractivity contribution in [1.29, 1.82) is 0 Å². The average molecular weight is 342 g/mol. The lowest BCUT2D eigenvalue weighted by atomic mass is 10.1. The number of carbonyl (C=O) groups is 1. The summed E-state index contributed by atoms with van der Waals surface area (Å²) < 4.78 is 5.78. The summed E-state index contributed by atoms with van der Waals surface area (Å²) in [5.74, 6) is 0.526. The smallest absolute Gasteiger partial charge is 0.251 e. The molecule has 4 rings (SSSR count). The minimum atomic E-state index is -0.0725. The summed E-state index contributed by atoms with van der Waals surface area (Å²) in [6.45, 7) is 2.45. The largest absolute Gasteiger partial charge is 0.436 e. The summed E-state index contributed by atoms with van der Waals surface area (Å²) in [5.41, 5.74) is 5.29. The van der Waals surface area contributed by atoms with Gasteiger partial charge in [-0.1, -0.05) is 42.0 Å². The number of fused-ring (bicyclic) bond motifs is 1. The van der Waals surface area contributed by atoms with Crippen molar-refractivity contribution in [2.24, 2.45) is 0 Å². The molecule has 1 N–H and O–H groups in total. The SMILES string of the molecule is Cc1cccc(C(=O)NCc2ccc(-c3nc4ccccc4o3)cc2)c1. The Morgan fingerprint density at radius 3 is 2.58 bits per heavy atom. The second-order valence-corrected chi connectivity index (χ2v) is 6.24. The predicted molar refractivity (Wildman–Crippen MR) is 102 cm³/mol. The number of amides is 1. The number of aromatic nitrogens is 1. The molecule has 0 fully saturated rings. The Hall–Kier alpha value is -3.40. The Bertz CT molecular complexity index is 1030. The molecule has 0 saturated heterocycles. The van der Waals surface area contributed by atoms with Crippen LogP contribution in [0.2, 0.25) is 0 Å². The molecule has 26 heavy (non-hydrogen) atoms. The van der Waals surface area contributed by atoms with E-state index in [2.05, 4.69) is 10.3 Å². The molecular weight excluding hydrogens is 324 g/mol. The van der Waals surface area contributed by atoms with Gasteiger partial charge in [0.25, 0.3) is 5.91 Å². The minimum Gasteiger partial charge on any atom is -0.436 e. The zero-order chi connectivity index (χ0) is 17.9. The maximum Gasteiger partial charge on any atom is 0.251 e. The molecule has 0 radical (unpaired) electrons. The Labute approximate surface area is 151 Å². The van der Waals surface area contributed by atoms with Gasteiger partial charge in [0.05, 0.1) is 0 Å². The van der Waals surface area contributed by atoms with Crippen molar-refractivity contribution in [2.45, 2.75) is 13.5 Å². The van der Waals surface area contributed by atoms with Crippen LogP contribution in [-0.4, -0.2) is 10.9 Å². The highest BCUT2D eigenvalue weighted by molar-refractivity contribution is 5.94. The van der Waals surface area contributed by atoms with E-state index in [1.165, 1.54) is 0 Å². The highest BCUT2D eigenvalue weighted by atomic mass is 16.3. The molecule has 4 nitrogen and oxygen atoms in total. The summed E-state index contributed by atoms with van der Waals surface area (Å²) >= 11 is 0. The fourth-order valence-electron chi connectivity index (χ4n) is 2.83. The molecule has 4 heteroatoms. The Morgan fingerprint density at radius 2 is 1.81 bits per heavy atom. The Morgan fingerprint density at radius 1 is 1.00 bits per heavy atom. The monoisotopic (exact) mass is 342 g/mol. The number of nitrogens with zero attached hydrogens (tertiary/aromatic N) is 1. The third-order valence-electron chi connectivity index (χ3n) is 4.23. The van der Waals surface area contributed by atoms with Gasteiger partial charge in [0.15, 0.2) is 5.58 Å². The summed E-state index contributed by atoms with van der Waals surface area (Å²) in [7, 11) is 0. The van der Waals surface area contributed by atoms with Gasteiger partial charge < -0.3 is 9.73 Å². The molecule has 0 saturated carbocycles. The Balaban J connectivity index is 1.45. The zero-order valence-electron chi connectivity index (χ0n) is 14.4. The van der Waals surface area contributed by atoms with Crippen LogP contribution >= 0.6 is 0 Å². The molecule has 4 aromatic rings. The first kappa shape index (κ1) is 16.1. The van der Waals surface area contributed by atoms with Gasteiger partial charge in [-0.25, -0.2) is 4.98 Å². The maximum atomic E-state index is 12.2. The molecule has 1 amide bonds. The molecule has 0 bridgehead atoms. The number of benzene rings is 3. The van der Waals surface area contributed by atoms with Crippen LogP contribution in [0.5, 0.6) is 0 Å². The highest BCUT2D eigenvalue weighted by Gasteiger charge is 2.08. The fraction of sp³-hybridized carbons (Fsp3) is 0.0909. The number of aryl methyl sites for hydroxylation is 1. The summed E-state index contributed by atoms with van der Waals surface area (Å²) in [5, 5.41) is 2.95. The van der Waals surface area contributed by atoms with Crippen molar-refractivity contribution in [3.05, 3.63) is 89.5 Å². The molecule has 3 aromatic carbocycles. The first-order valence-electron chi connectivity index (χ1n) is 8.49. The fourth-order valence-corrected chi connectivity index (χ4v) is 2.83. The van der Waals surface area contributed by atoms with Crippen molar-refractivity contribution in [1.82, 2.24) is 10.3 Å². The number of hydrogen-bond acceptors (Lipinski definition) is 3. The van der Waals surface area contributed by atoms with Gasteiger partial charge in [-0.2, -0.15) is 0 Å². The molecular formula is C22H18N2O2. The van der Waals surface area contributed by atoms with E-state index in [9.17, 15) is 4.79 Å². The molecule has 0 aliphatic heterocycles. The lowest BCUT2D eigenvalue weighted by molar-refractivity contribution is 0.0951. The maximum absolute atomic E-state index is 12.2. The highest BCUT2D eigenvalue weighted by Crippen LogP contribution is 2.24. The third kappa shape index (κ3) is 3.35. The van der Waals surface area contributed by atoms with Crippen molar-refractivity contribution in [2.75, 3.05) is 0 Å². The minimum absolute atomic E-state index is 0.0725. The summed E-state index contributed by atoms with van der Waals surface area (Å²) in [6.07, 6.45) is 0. The average Bonchev–Trinajstić information content (AvgIpc) is 3.11. The van der Waals surface area contributed by atoms with E-state index in [0.29, 0.717) is 18.0 Å². The topological polar surface area (TPSA) is 55.1 Å². The summed E-state index contributed by atoms with van der Waals surface area (Å²) in [4.78, 5) is 16.7. The quantitative estimate of drug-likeness (QED) is 0.583. The van der Waals surface area contributed by atoms with Crippen molar-refractivity contribution in [3.63, 3.8) is 0 Å². The van der Waals surface area contributed by atoms with Crippen LogP contribution in [0.25, 0.3) is 22.6 Å². The zero-order valence-corrected chi connectivity index (χ0v) is 14.4. The lowest BCUT2D eigenvalue weighted by Gasteiger charge is -2.06. The molecule has 1 aromatic heterocycles. The second-order valence-electron chi connectivity index (χ2n) is 6.24. The first-order valence-corrected chi connectivity index (χ1v) is 8.49. The van der Waals surface area contributed by atoms with Crippen LogP contribution < -0.4 is 5.32 Å². The van der Waals surface area contributed by atoms with Crippen molar-refractivity contribution >= 4 is 17.0 Å². The van der Waals surface area contributed by atoms with Crippen LogP contribution in [-0.2, 0) is 6.54 Å². The Kier molecular flexibility index (Phi) is 4.23. The lowest BCUT2D eigenvalue weighted by Crippen LogP contribution is -2.22. The number of nitrogens with one attached hydrogen (secondary N) is 1. The van der Waals surface area contributed by atoms with Gasteiger partial charge in [0, 0.05) is 17.7 Å². The van der Waals surface area contributed by atoms with E-state index < -0.39 is 0 Å². The van der Waals surface area contributed by atoms with E-state index >= 15 is 0 Å². The van der Waals surface area contributed by atoms with E-state index in [-0.39, 0.29) is 5.91 Å². The number of oxazole rings is 1. The van der Waals surface area contributed by atoms with E-state index in [1.54, 1.807) is 0 Å². The predicted octanol–water partition coefficient (Wildman–Crippen LogP) is 4.73. The number of hydrogen-bond donors (Lipinski definition) is 1. The third-order valence-corrected chi connectivity index (χ3v) is 4.23. The molecule has 0 aliphatic carbocycles. The summed E-state index contributed by atoms with van der Waals surface area (Å²) in [6, 6.07) is 23.1. The number of carbonyl (C=O) groups excluding carboxylic acids is 1. The molecule has 0 aliphatic rings. The van der Waals surface area contributed by atoms with Gasteiger partial charge in [-0.05, 0) is 48.9 Å². The molecule has 128 valence electrons. The van der Waals surface area contributed by atoms with Crippen LogP contribution in [0, 0.1) is 6.92 Å².